The van der Waals surface area contributed by atoms with Crippen molar-refractivity contribution in [1.82, 2.24) is 10.3 Å². The second kappa shape index (κ2) is 3.64. The molecule has 13 heavy (non-hydrogen) atoms. The van der Waals surface area contributed by atoms with E-state index in [-0.39, 0.29) is 0 Å². The number of hydrogen-bond donors (Lipinski definition) is 2. The van der Waals surface area contributed by atoms with Crippen LogP contribution in [0.5, 0.6) is 0 Å². The van der Waals surface area contributed by atoms with Gasteiger partial charge in [-0.1, -0.05) is 6.92 Å². The van der Waals surface area contributed by atoms with Crippen LogP contribution in [-0.4, -0.2) is 11.0 Å². The highest BCUT2D eigenvalue weighted by Crippen LogP contribution is 2.26. The molecule has 0 bridgehead atoms. The van der Waals surface area contributed by atoms with Crippen molar-refractivity contribution in [2.75, 3.05) is 5.73 Å². The van der Waals surface area contributed by atoms with Crippen LogP contribution in [0.3, 0.4) is 0 Å². The molecule has 1 fully saturated rings. The Bertz CT molecular complexity index is 278. The highest BCUT2D eigenvalue weighted by atomic mass is 32.1. The summed E-state index contributed by atoms with van der Waals surface area (Å²) < 4.78 is 0. The van der Waals surface area contributed by atoms with Crippen LogP contribution in [0, 0.1) is 5.92 Å². The molecule has 1 aliphatic carbocycles. The summed E-state index contributed by atoms with van der Waals surface area (Å²) in [4.78, 5) is 5.24. The van der Waals surface area contributed by atoms with E-state index in [2.05, 4.69) is 17.2 Å². The average molecular weight is 197 g/mol. The second-order valence-electron chi connectivity index (χ2n) is 3.82. The molecular weight excluding hydrogens is 182 g/mol. The van der Waals surface area contributed by atoms with Gasteiger partial charge in [-0.05, 0) is 18.8 Å². The Balaban J connectivity index is 1.74. The van der Waals surface area contributed by atoms with Crippen molar-refractivity contribution in [3.63, 3.8) is 0 Å². The topological polar surface area (TPSA) is 50.9 Å². The standard InChI is InChI=1S/C9H15N3S/c1-6-2-7(3-6)11-4-8-5-12-9(10)13-8/h5-7,11H,2-4H2,1H3,(H2,10,12). The van der Waals surface area contributed by atoms with Crippen LogP contribution in [0.25, 0.3) is 0 Å². The molecule has 3 nitrogen and oxygen atoms in total. The zero-order valence-electron chi connectivity index (χ0n) is 7.79. The summed E-state index contributed by atoms with van der Waals surface area (Å²) in [7, 11) is 0. The minimum atomic E-state index is 0.666. The third-order valence-corrected chi connectivity index (χ3v) is 3.34. The lowest BCUT2D eigenvalue weighted by atomic mass is 9.82. The summed E-state index contributed by atoms with van der Waals surface area (Å²) in [6, 6.07) is 0.721. The Morgan fingerprint density at radius 1 is 1.69 bits per heavy atom. The number of anilines is 1. The highest BCUT2D eigenvalue weighted by Gasteiger charge is 2.24. The van der Waals surface area contributed by atoms with Crippen molar-refractivity contribution < 1.29 is 0 Å². The third-order valence-electron chi connectivity index (χ3n) is 2.51. The molecule has 0 saturated heterocycles. The SMILES string of the molecule is CC1CC(NCc2cnc(N)s2)C1. The molecular formula is C9H15N3S. The first-order valence-electron chi connectivity index (χ1n) is 4.67. The van der Waals surface area contributed by atoms with Gasteiger partial charge in [-0.25, -0.2) is 4.98 Å². The van der Waals surface area contributed by atoms with Crippen molar-refractivity contribution in [1.29, 1.82) is 0 Å². The molecule has 72 valence electrons. The normalized spacial score (nSPS) is 27.2. The first kappa shape index (κ1) is 8.97. The van der Waals surface area contributed by atoms with Crippen molar-refractivity contribution >= 4 is 16.5 Å². The minimum absolute atomic E-state index is 0.666. The smallest absolute Gasteiger partial charge is 0.180 e. The third kappa shape index (κ3) is 2.19. The maximum absolute atomic E-state index is 5.53. The quantitative estimate of drug-likeness (QED) is 0.774. The van der Waals surface area contributed by atoms with E-state index in [1.807, 2.05) is 6.20 Å². The van der Waals surface area contributed by atoms with E-state index < -0.39 is 0 Å². The molecule has 4 heteroatoms. The molecule has 0 radical (unpaired) electrons. The van der Waals surface area contributed by atoms with E-state index in [0.717, 1.165) is 18.5 Å². The number of hydrogen-bond acceptors (Lipinski definition) is 4. The van der Waals surface area contributed by atoms with Crippen LogP contribution in [0.15, 0.2) is 6.20 Å². The Labute approximate surface area is 82.4 Å². The molecule has 0 spiro atoms. The molecule has 1 aromatic heterocycles. The molecule has 0 aromatic carbocycles. The fourth-order valence-electron chi connectivity index (χ4n) is 1.72. The largest absolute Gasteiger partial charge is 0.375 e. The number of nitrogen functional groups attached to an aromatic ring is 1. The lowest BCUT2D eigenvalue weighted by molar-refractivity contribution is 0.241. The van der Waals surface area contributed by atoms with Gasteiger partial charge in [0.25, 0.3) is 0 Å². The zero-order chi connectivity index (χ0) is 9.26. The first-order valence-corrected chi connectivity index (χ1v) is 5.49. The van der Waals surface area contributed by atoms with Gasteiger partial charge in [0.15, 0.2) is 5.13 Å². The summed E-state index contributed by atoms with van der Waals surface area (Å²) in [6.45, 7) is 3.22. The summed E-state index contributed by atoms with van der Waals surface area (Å²) in [5.74, 6) is 0.907. The van der Waals surface area contributed by atoms with Gasteiger partial charge in [0.05, 0.1) is 0 Å². The van der Waals surface area contributed by atoms with Gasteiger partial charge in [-0.3, -0.25) is 0 Å². The predicted molar refractivity (Wildman–Crippen MR) is 55.6 cm³/mol. The molecule has 0 unspecified atom stereocenters. The van der Waals surface area contributed by atoms with Gasteiger partial charge >= 0.3 is 0 Å². The van der Waals surface area contributed by atoms with Crippen LogP contribution in [-0.2, 0) is 6.54 Å². The van der Waals surface area contributed by atoms with Gasteiger partial charge in [-0.2, -0.15) is 0 Å². The number of aromatic nitrogens is 1. The van der Waals surface area contributed by atoms with Gasteiger partial charge < -0.3 is 11.1 Å². The molecule has 1 heterocycles. The van der Waals surface area contributed by atoms with E-state index >= 15 is 0 Å². The number of rotatable bonds is 3. The zero-order valence-corrected chi connectivity index (χ0v) is 8.60. The van der Waals surface area contributed by atoms with Gasteiger partial charge in [-0.15, -0.1) is 11.3 Å². The summed E-state index contributed by atoms with van der Waals surface area (Å²) >= 11 is 1.57. The molecule has 1 aromatic rings. The molecule has 0 amide bonds. The van der Waals surface area contributed by atoms with E-state index in [9.17, 15) is 0 Å². The van der Waals surface area contributed by atoms with E-state index in [0.29, 0.717) is 5.13 Å². The van der Waals surface area contributed by atoms with Crippen molar-refractivity contribution in [3.05, 3.63) is 11.1 Å². The Kier molecular flexibility index (Phi) is 2.51. The van der Waals surface area contributed by atoms with Gasteiger partial charge in [0.1, 0.15) is 0 Å². The summed E-state index contributed by atoms with van der Waals surface area (Å²) in [6.07, 6.45) is 4.48. The van der Waals surface area contributed by atoms with Crippen molar-refractivity contribution in [2.45, 2.75) is 32.4 Å². The monoisotopic (exact) mass is 197 g/mol. The fourth-order valence-corrected chi connectivity index (χ4v) is 2.35. The lowest BCUT2D eigenvalue weighted by Gasteiger charge is -2.33. The van der Waals surface area contributed by atoms with E-state index in [1.165, 1.54) is 17.7 Å². The molecule has 0 aliphatic heterocycles. The number of thiazole rings is 1. The van der Waals surface area contributed by atoms with Crippen molar-refractivity contribution in [2.24, 2.45) is 5.92 Å². The molecule has 3 N–H and O–H groups in total. The van der Waals surface area contributed by atoms with Crippen LogP contribution in [0.4, 0.5) is 5.13 Å². The highest BCUT2D eigenvalue weighted by molar-refractivity contribution is 7.15. The van der Waals surface area contributed by atoms with Crippen LogP contribution in [0.2, 0.25) is 0 Å². The number of nitrogens with one attached hydrogen (secondary N) is 1. The summed E-state index contributed by atoms with van der Waals surface area (Å²) in [5.41, 5.74) is 5.53. The lowest BCUT2D eigenvalue weighted by Crippen LogP contribution is -2.39. The number of nitrogens with two attached hydrogens (primary N) is 1. The Morgan fingerprint density at radius 3 is 3.00 bits per heavy atom. The second-order valence-corrected chi connectivity index (χ2v) is 4.97. The summed E-state index contributed by atoms with van der Waals surface area (Å²) in [5, 5.41) is 4.16. The Morgan fingerprint density at radius 2 is 2.46 bits per heavy atom. The predicted octanol–water partition coefficient (Wildman–Crippen LogP) is 1.61. The van der Waals surface area contributed by atoms with E-state index in [4.69, 9.17) is 5.73 Å². The maximum atomic E-state index is 5.53. The number of nitrogens with zero attached hydrogens (tertiary/aromatic N) is 1. The molecule has 2 rings (SSSR count). The maximum Gasteiger partial charge on any atom is 0.180 e. The van der Waals surface area contributed by atoms with Crippen LogP contribution >= 0.6 is 11.3 Å². The molecule has 0 atom stereocenters. The van der Waals surface area contributed by atoms with Crippen molar-refractivity contribution in [3.8, 4) is 0 Å². The van der Waals surface area contributed by atoms with E-state index in [1.54, 1.807) is 11.3 Å². The minimum Gasteiger partial charge on any atom is -0.375 e. The van der Waals surface area contributed by atoms with Gasteiger partial charge in [0.2, 0.25) is 0 Å². The van der Waals surface area contributed by atoms with Crippen LogP contribution < -0.4 is 11.1 Å². The molecule has 1 aliphatic rings. The fraction of sp³-hybridized carbons (Fsp3) is 0.667. The average Bonchev–Trinajstić information content (AvgIpc) is 2.43. The van der Waals surface area contributed by atoms with Gasteiger partial charge in [0, 0.05) is 23.7 Å². The molecule has 1 saturated carbocycles. The van der Waals surface area contributed by atoms with Crippen LogP contribution in [0.1, 0.15) is 24.6 Å². The first-order chi connectivity index (χ1) is 6.24. The Hall–Kier alpha value is -0.610.